The van der Waals surface area contributed by atoms with E-state index in [-0.39, 0.29) is 11.6 Å². The van der Waals surface area contributed by atoms with Crippen LogP contribution < -0.4 is 0 Å². The number of carbonyl (C=O) groups excluding carboxylic acids is 1. The van der Waals surface area contributed by atoms with Gasteiger partial charge >= 0.3 is 0 Å². The second kappa shape index (κ2) is 6.48. The molecule has 0 bridgehead atoms. The molecule has 0 atom stereocenters. The molecule has 0 saturated heterocycles. The molecule has 0 unspecified atom stereocenters. The van der Waals surface area contributed by atoms with Crippen molar-refractivity contribution in [2.45, 2.75) is 26.2 Å². The third-order valence-corrected chi connectivity index (χ3v) is 4.14. The van der Waals surface area contributed by atoms with Gasteiger partial charge in [-0.15, -0.1) is 0 Å². The van der Waals surface area contributed by atoms with E-state index in [1.54, 1.807) is 6.07 Å². The van der Waals surface area contributed by atoms with E-state index < -0.39 is 0 Å². The molecule has 0 amide bonds. The molecule has 0 heterocycles. The quantitative estimate of drug-likeness (QED) is 0.539. The predicted octanol–water partition coefficient (Wildman–Crippen LogP) is 4.98. The number of hydrogen-bond acceptors (Lipinski definition) is 1. The Morgan fingerprint density at radius 2 is 1.80 bits per heavy atom. The fourth-order valence-electron chi connectivity index (χ4n) is 2.02. The Morgan fingerprint density at radius 1 is 1.15 bits per heavy atom. The van der Waals surface area contributed by atoms with Crippen LogP contribution in [-0.2, 0) is 6.42 Å². The zero-order chi connectivity index (χ0) is 14.7. The zero-order valence-corrected chi connectivity index (χ0v) is 13.6. The molecule has 0 saturated carbocycles. The number of rotatable bonds is 4. The van der Waals surface area contributed by atoms with Crippen LogP contribution in [0.3, 0.4) is 0 Å². The van der Waals surface area contributed by atoms with E-state index in [4.69, 9.17) is 0 Å². The maximum Gasteiger partial charge on any atom is 0.168 e. The summed E-state index contributed by atoms with van der Waals surface area (Å²) in [6, 6.07) is 12.4. The fourth-order valence-corrected chi connectivity index (χ4v) is 2.79. The van der Waals surface area contributed by atoms with E-state index in [1.165, 1.54) is 17.7 Å². The van der Waals surface area contributed by atoms with E-state index in [2.05, 4.69) is 26.0 Å². The first-order valence-corrected chi connectivity index (χ1v) is 7.62. The number of hydrogen-bond donors (Lipinski definition) is 0. The van der Waals surface area contributed by atoms with E-state index in [9.17, 15) is 9.18 Å². The van der Waals surface area contributed by atoms with Gasteiger partial charge in [-0.3, -0.25) is 4.79 Å². The Balaban J connectivity index is 2.15. The average molecular weight is 382 g/mol. The lowest BCUT2D eigenvalue weighted by atomic mass is 9.98. The van der Waals surface area contributed by atoms with Crippen LogP contribution in [0, 0.1) is 9.39 Å². The number of Topliss-reactive ketones (excluding diaryl/α,β-unsaturated/α-hetero) is 1. The summed E-state index contributed by atoms with van der Waals surface area (Å²) >= 11 is 2.00. The third kappa shape index (κ3) is 3.66. The molecule has 0 fully saturated rings. The lowest BCUT2D eigenvalue weighted by Gasteiger charge is -2.07. The van der Waals surface area contributed by atoms with Crippen molar-refractivity contribution in [2.24, 2.45) is 0 Å². The molecule has 0 aliphatic carbocycles. The van der Waals surface area contributed by atoms with Gasteiger partial charge in [0.15, 0.2) is 5.78 Å². The summed E-state index contributed by atoms with van der Waals surface area (Å²) < 4.78 is 13.7. The molecule has 2 rings (SSSR count). The van der Waals surface area contributed by atoms with Gasteiger partial charge in [0, 0.05) is 15.6 Å². The first-order valence-electron chi connectivity index (χ1n) is 6.54. The minimum atomic E-state index is -0.313. The van der Waals surface area contributed by atoms with E-state index >= 15 is 0 Å². The number of carbonyl (C=O) groups is 1. The maximum absolute atomic E-state index is 13.0. The number of halogens is 2. The SMILES string of the molecule is CC(C)c1ccc(CC(=O)c2ccc(F)cc2I)cc1. The van der Waals surface area contributed by atoms with Crippen LogP contribution in [-0.4, -0.2) is 5.78 Å². The Hall–Kier alpha value is -1.23. The van der Waals surface area contributed by atoms with Crippen LogP contribution in [0.15, 0.2) is 42.5 Å². The molecule has 0 aliphatic rings. The summed E-state index contributed by atoms with van der Waals surface area (Å²) in [5.41, 5.74) is 2.83. The summed E-state index contributed by atoms with van der Waals surface area (Å²) in [5.74, 6) is 0.191. The standard InChI is InChI=1S/C17H16FIO/c1-11(2)13-5-3-12(4-6-13)9-17(20)15-8-7-14(18)10-16(15)19/h3-8,10-11H,9H2,1-2H3. The highest BCUT2D eigenvalue weighted by molar-refractivity contribution is 14.1. The second-order valence-electron chi connectivity index (χ2n) is 5.12. The van der Waals surface area contributed by atoms with Crippen molar-refractivity contribution in [1.82, 2.24) is 0 Å². The minimum absolute atomic E-state index is 0.0201. The van der Waals surface area contributed by atoms with Gasteiger partial charge < -0.3 is 0 Å². The summed E-state index contributed by atoms with van der Waals surface area (Å²) in [7, 11) is 0. The largest absolute Gasteiger partial charge is 0.294 e. The summed E-state index contributed by atoms with van der Waals surface area (Å²) in [6.07, 6.45) is 0.347. The Bertz CT molecular complexity index is 617. The van der Waals surface area contributed by atoms with Gasteiger partial charge in [0.2, 0.25) is 0 Å². The van der Waals surface area contributed by atoms with Crippen LogP contribution in [0.5, 0.6) is 0 Å². The molecular weight excluding hydrogens is 366 g/mol. The topological polar surface area (TPSA) is 17.1 Å². The normalized spacial score (nSPS) is 10.8. The maximum atomic E-state index is 13.0. The summed E-state index contributed by atoms with van der Waals surface area (Å²) in [5, 5.41) is 0. The van der Waals surface area contributed by atoms with Gasteiger partial charge in [0.25, 0.3) is 0 Å². The monoisotopic (exact) mass is 382 g/mol. The summed E-state index contributed by atoms with van der Waals surface area (Å²) in [6.45, 7) is 4.28. The van der Waals surface area contributed by atoms with Crippen LogP contribution in [0.2, 0.25) is 0 Å². The smallest absolute Gasteiger partial charge is 0.168 e. The van der Waals surface area contributed by atoms with Gasteiger partial charge in [0.05, 0.1) is 0 Å². The van der Waals surface area contributed by atoms with Crippen molar-refractivity contribution in [3.8, 4) is 0 Å². The van der Waals surface area contributed by atoms with Crippen molar-refractivity contribution >= 4 is 28.4 Å². The van der Waals surface area contributed by atoms with Gasteiger partial charge in [-0.1, -0.05) is 38.1 Å². The van der Waals surface area contributed by atoms with Gasteiger partial charge in [0.1, 0.15) is 5.82 Å². The number of ketones is 1. The highest BCUT2D eigenvalue weighted by atomic mass is 127. The van der Waals surface area contributed by atoms with Crippen LogP contribution in [0.4, 0.5) is 4.39 Å². The summed E-state index contributed by atoms with van der Waals surface area (Å²) in [4.78, 5) is 12.2. The van der Waals surface area contributed by atoms with Crippen molar-refractivity contribution in [2.75, 3.05) is 0 Å². The highest BCUT2D eigenvalue weighted by Gasteiger charge is 2.11. The van der Waals surface area contributed by atoms with Crippen LogP contribution in [0.1, 0.15) is 41.3 Å². The van der Waals surface area contributed by atoms with Crippen LogP contribution in [0.25, 0.3) is 0 Å². The van der Waals surface area contributed by atoms with Crippen molar-refractivity contribution in [1.29, 1.82) is 0 Å². The minimum Gasteiger partial charge on any atom is -0.294 e. The predicted molar refractivity (Wildman–Crippen MR) is 87.7 cm³/mol. The molecular formula is C17H16FIO. The number of benzene rings is 2. The molecule has 104 valence electrons. The molecule has 2 aromatic carbocycles. The Kier molecular flexibility index (Phi) is 4.91. The van der Waals surface area contributed by atoms with Gasteiger partial charge in [-0.05, 0) is 57.8 Å². The van der Waals surface area contributed by atoms with Gasteiger partial charge in [-0.2, -0.15) is 0 Å². The van der Waals surface area contributed by atoms with E-state index in [1.807, 2.05) is 34.7 Å². The van der Waals surface area contributed by atoms with Crippen LogP contribution >= 0.6 is 22.6 Å². The van der Waals surface area contributed by atoms with Crippen molar-refractivity contribution in [3.63, 3.8) is 0 Å². The first kappa shape index (κ1) is 15.2. The lowest BCUT2D eigenvalue weighted by molar-refractivity contribution is 0.0992. The second-order valence-corrected chi connectivity index (χ2v) is 6.28. The van der Waals surface area contributed by atoms with Gasteiger partial charge in [-0.25, -0.2) is 4.39 Å². The van der Waals surface area contributed by atoms with E-state index in [0.717, 1.165) is 5.56 Å². The van der Waals surface area contributed by atoms with Crippen molar-refractivity contribution < 1.29 is 9.18 Å². The Morgan fingerprint density at radius 3 is 2.35 bits per heavy atom. The third-order valence-electron chi connectivity index (χ3n) is 3.24. The molecule has 20 heavy (non-hydrogen) atoms. The Labute approximate surface area is 132 Å². The zero-order valence-electron chi connectivity index (χ0n) is 11.5. The highest BCUT2D eigenvalue weighted by Crippen LogP contribution is 2.18. The van der Waals surface area contributed by atoms with E-state index in [0.29, 0.717) is 21.5 Å². The lowest BCUT2D eigenvalue weighted by Crippen LogP contribution is -2.06. The molecule has 0 N–H and O–H groups in total. The molecule has 2 aromatic rings. The first-order chi connectivity index (χ1) is 9.47. The molecule has 0 aliphatic heterocycles. The van der Waals surface area contributed by atoms with Crippen molar-refractivity contribution in [3.05, 3.63) is 68.5 Å². The molecule has 1 nitrogen and oxygen atoms in total. The average Bonchev–Trinajstić information content (AvgIpc) is 2.39. The molecule has 3 heteroatoms. The molecule has 0 spiro atoms. The fraction of sp³-hybridized carbons (Fsp3) is 0.235. The molecule has 0 aromatic heterocycles. The molecule has 0 radical (unpaired) electrons.